The second-order valence-electron chi connectivity index (χ2n) is 7.31. The van der Waals surface area contributed by atoms with Crippen LogP contribution in [0.25, 0.3) is 10.8 Å². The lowest BCUT2D eigenvalue weighted by molar-refractivity contribution is -0.117. The molecule has 0 aliphatic rings. The maximum atomic E-state index is 13.3. The lowest BCUT2D eigenvalue weighted by Crippen LogP contribution is -2.39. The average molecular weight is 379 g/mol. The minimum absolute atomic E-state index is 0.0410. The zero-order valence-corrected chi connectivity index (χ0v) is 16.4. The number of rotatable bonds is 7. The van der Waals surface area contributed by atoms with Gasteiger partial charge in [0, 0.05) is 18.2 Å². The third-order valence-corrected chi connectivity index (χ3v) is 4.51. The molecule has 3 aromatic rings. The largest absolute Gasteiger partial charge is 0.360 e. The molecule has 0 fully saturated rings. The van der Waals surface area contributed by atoms with E-state index in [4.69, 9.17) is 4.52 Å². The van der Waals surface area contributed by atoms with E-state index in [-0.39, 0.29) is 18.4 Å². The van der Waals surface area contributed by atoms with Gasteiger partial charge < -0.3 is 14.7 Å². The molecule has 2 aromatic carbocycles. The second kappa shape index (κ2) is 8.69. The summed E-state index contributed by atoms with van der Waals surface area (Å²) in [6.45, 7) is 6.41. The van der Waals surface area contributed by atoms with E-state index in [0.717, 1.165) is 17.2 Å². The minimum Gasteiger partial charge on any atom is -0.360 e. The Kier molecular flexibility index (Phi) is 6.09. The molecule has 0 bridgehead atoms. The van der Waals surface area contributed by atoms with Gasteiger partial charge >= 0.3 is 0 Å². The molecule has 2 amide bonds. The van der Waals surface area contributed by atoms with E-state index in [9.17, 15) is 9.59 Å². The number of hydrogen-bond acceptors (Lipinski definition) is 4. The molecule has 0 spiro atoms. The van der Waals surface area contributed by atoms with Crippen molar-refractivity contribution in [3.63, 3.8) is 0 Å². The Morgan fingerprint density at radius 1 is 1.14 bits per heavy atom. The van der Waals surface area contributed by atoms with Gasteiger partial charge in [-0.1, -0.05) is 55.4 Å². The zero-order valence-electron chi connectivity index (χ0n) is 16.4. The van der Waals surface area contributed by atoms with Crippen molar-refractivity contribution < 1.29 is 14.1 Å². The van der Waals surface area contributed by atoms with Gasteiger partial charge in [0.2, 0.25) is 5.91 Å². The Hall–Kier alpha value is -3.15. The van der Waals surface area contributed by atoms with Crippen LogP contribution in [0.5, 0.6) is 0 Å². The summed E-state index contributed by atoms with van der Waals surface area (Å²) in [6.07, 6.45) is 0.812. The van der Waals surface area contributed by atoms with Crippen LogP contribution >= 0.6 is 0 Å². The van der Waals surface area contributed by atoms with Gasteiger partial charge in [0.15, 0.2) is 5.82 Å². The lowest BCUT2D eigenvalue weighted by Gasteiger charge is -2.23. The number of nitrogens with one attached hydrogen (secondary N) is 1. The van der Waals surface area contributed by atoms with Crippen LogP contribution in [-0.2, 0) is 4.79 Å². The fourth-order valence-electron chi connectivity index (χ4n) is 3.03. The number of aromatic nitrogens is 1. The monoisotopic (exact) mass is 379 g/mol. The van der Waals surface area contributed by atoms with Crippen LogP contribution < -0.4 is 5.32 Å². The summed E-state index contributed by atoms with van der Waals surface area (Å²) in [6, 6.07) is 15.1. The van der Waals surface area contributed by atoms with Crippen LogP contribution in [0, 0.1) is 12.8 Å². The van der Waals surface area contributed by atoms with Gasteiger partial charge in [-0.2, -0.15) is 0 Å². The topological polar surface area (TPSA) is 75.4 Å². The minimum atomic E-state index is -0.300. The van der Waals surface area contributed by atoms with Crippen molar-refractivity contribution in [2.45, 2.75) is 27.2 Å². The lowest BCUT2D eigenvalue weighted by atomic mass is 10.0. The third kappa shape index (κ3) is 4.76. The van der Waals surface area contributed by atoms with Crippen LogP contribution in [0.3, 0.4) is 0 Å². The smallest absolute Gasteiger partial charge is 0.254 e. The number of carbonyl (C=O) groups excluding carboxylic acids is 2. The van der Waals surface area contributed by atoms with Crippen molar-refractivity contribution in [3.8, 4) is 0 Å². The third-order valence-electron chi connectivity index (χ3n) is 4.51. The number of nitrogens with zero attached hydrogens (tertiary/aromatic N) is 2. The van der Waals surface area contributed by atoms with E-state index >= 15 is 0 Å². The van der Waals surface area contributed by atoms with Gasteiger partial charge in [-0.3, -0.25) is 9.59 Å². The van der Waals surface area contributed by atoms with Crippen LogP contribution in [0.4, 0.5) is 5.82 Å². The van der Waals surface area contributed by atoms with Gasteiger partial charge in [-0.05, 0) is 36.1 Å². The number of benzene rings is 2. The quantitative estimate of drug-likeness (QED) is 0.665. The molecule has 0 saturated heterocycles. The highest BCUT2D eigenvalue weighted by Crippen LogP contribution is 2.20. The summed E-state index contributed by atoms with van der Waals surface area (Å²) in [5.74, 6) is 0.932. The number of fused-ring (bicyclic) bond motifs is 1. The normalized spacial score (nSPS) is 11.0. The summed E-state index contributed by atoms with van der Waals surface area (Å²) >= 11 is 0. The molecule has 28 heavy (non-hydrogen) atoms. The van der Waals surface area contributed by atoms with Crippen LogP contribution in [0.15, 0.2) is 53.1 Å². The molecule has 0 saturated carbocycles. The molecule has 3 rings (SSSR count). The van der Waals surface area contributed by atoms with Crippen molar-refractivity contribution in [2.24, 2.45) is 5.92 Å². The van der Waals surface area contributed by atoms with E-state index in [1.807, 2.05) is 42.5 Å². The summed E-state index contributed by atoms with van der Waals surface area (Å²) in [5.41, 5.74) is 0.604. The molecule has 6 heteroatoms. The van der Waals surface area contributed by atoms with E-state index in [1.165, 1.54) is 0 Å². The Bertz CT molecular complexity index is 973. The van der Waals surface area contributed by atoms with Gasteiger partial charge in [-0.15, -0.1) is 0 Å². The van der Waals surface area contributed by atoms with Crippen molar-refractivity contribution in [1.29, 1.82) is 0 Å². The Morgan fingerprint density at radius 2 is 1.89 bits per heavy atom. The number of amides is 2. The second-order valence-corrected chi connectivity index (χ2v) is 7.31. The van der Waals surface area contributed by atoms with Crippen molar-refractivity contribution in [1.82, 2.24) is 10.1 Å². The van der Waals surface area contributed by atoms with Crippen LogP contribution in [0.1, 0.15) is 36.4 Å². The molecular formula is C22H25N3O3. The molecular weight excluding hydrogens is 354 g/mol. The van der Waals surface area contributed by atoms with Crippen LogP contribution in [-0.4, -0.2) is 35.0 Å². The standard InChI is InChI=1S/C22H25N3O3/c1-15(2)11-12-25(14-21(26)23-20-13-16(3)28-24-20)22(27)19-10-6-8-17-7-4-5-9-18(17)19/h4-10,13,15H,11-12,14H2,1-3H3,(H,23,24,26). The molecule has 0 atom stereocenters. The molecule has 0 unspecified atom stereocenters. The van der Waals surface area contributed by atoms with Gasteiger partial charge in [0.1, 0.15) is 12.3 Å². The first-order valence-corrected chi connectivity index (χ1v) is 9.44. The fourth-order valence-corrected chi connectivity index (χ4v) is 3.03. The first-order valence-electron chi connectivity index (χ1n) is 9.44. The molecule has 0 aliphatic carbocycles. The average Bonchev–Trinajstić information content (AvgIpc) is 3.08. The Morgan fingerprint density at radius 3 is 2.61 bits per heavy atom. The highest BCUT2D eigenvalue weighted by molar-refractivity contribution is 6.08. The molecule has 0 aliphatic heterocycles. The summed E-state index contributed by atoms with van der Waals surface area (Å²) in [5, 5.41) is 8.34. The maximum Gasteiger partial charge on any atom is 0.254 e. The Labute approximate surface area is 164 Å². The van der Waals surface area contributed by atoms with E-state index < -0.39 is 0 Å². The van der Waals surface area contributed by atoms with Gasteiger partial charge in [-0.25, -0.2) is 0 Å². The van der Waals surface area contributed by atoms with Gasteiger partial charge in [0.05, 0.1) is 0 Å². The molecule has 1 heterocycles. The zero-order chi connectivity index (χ0) is 20.1. The Balaban J connectivity index is 1.81. The first-order chi connectivity index (χ1) is 13.4. The van der Waals surface area contributed by atoms with E-state index in [1.54, 1.807) is 17.9 Å². The number of anilines is 1. The van der Waals surface area contributed by atoms with Crippen molar-refractivity contribution >= 4 is 28.4 Å². The maximum absolute atomic E-state index is 13.3. The van der Waals surface area contributed by atoms with E-state index in [2.05, 4.69) is 24.3 Å². The predicted octanol–water partition coefficient (Wildman–Crippen LogP) is 4.26. The highest BCUT2D eigenvalue weighted by atomic mass is 16.5. The summed E-state index contributed by atoms with van der Waals surface area (Å²) < 4.78 is 4.97. The first kappa shape index (κ1) is 19.6. The predicted molar refractivity (Wildman–Crippen MR) is 109 cm³/mol. The SMILES string of the molecule is Cc1cc(NC(=O)CN(CCC(C)C)C(=O)c2cccc3ccccc23)no1. The number of hydrogen-bond donors (Lipinski definition) is 1. The van der Waals surface area contributed by atoms with Crippen molar-refractivity contribution in [2.75, 3.05) is 18.4 Å². The summed E-state index contributed by atoms with van der Waals surface area (Å²) in [7, 11) is 0. The van der Waals surface area contributed by atoms with E-state index in [0.29, 0.717) is 29.6 Å². The molecule has 0 radical (unpaired) electrons. The van der Waals surface area contributed by atoms with Crippen LogP contribution in [0.2, 0.25) is 0 Å². The molecule has 146 valence electrons. The number of aryl methyl sites for hydroxylation is 1. The highest BCUT2D eigenvalue weighted by Gasteiger charge is 2.21. The van der Waals surface area contributed by atoms with Gasteiger partial charge in [0.25, 0.3) is 5.91 Å². The molecule has 1 N–H and O–H groups in total. The number of carbonyl (C=O) groups is 2. The summed E-state index contributed by atoms with van der Waals surface area (Å²) in [4.78, 5) is 27.4. The van der Waals surface area contributed by atoms with Crippen molar-refractivity contribution in [3.05, 3.63) is 59.9 Å². The molecule has 6 nitrogen and oxygen atoms in total. The molecule has 1 aromatic heterocycles. The fraction of sp³-hybridized carbons (Fsp3) is 0.318.